The van der Waals surface area contributed by atoms with E-state index >= 15 is 0 Å². The van der Waals surface area contributed by atoms with Crippen LogP contribution in [0.1, 0.15) is 6.92 Å². The zero-order chi connectivity index (χ0) is 15.0. The predicted molar refractivity (Wildman–Crippen MR) is 97.4 cm³/mol. The monoisotopic (exact) mass is 445 g/mol. The van der Waals surface area contributed by atoms with Crippen LogP contribution >= 0.6 is 54.8 Å². The number of nitrogens with zero attached hydrogens (tertiary/aromatic N) is 2. The van der Waals surface area contributed by atoms with E-state index in [2.05, 4.69) is 47.1 Å². The summed E-state index contributed by atoms with van der Waals surface area (Å²) in [6, 6.07) is 7.66. The van der Waals surface area contributed by atoms with Crippen LogP contribution in [0.15, 0.2) is 31.8 Å². The molecular formula is C14H10Br2ClN3S. The standard InChI is InChI=1S/C14H10Br2ClN3S/c1-2-18-13-8-5-7(17)3-4-10(8)19-14(20-13)9-6-11(15)21-12(9)16/h3-6H,2H2,1H3,(H,18,19,20). The summed E-state index contributed by atoms with van der Waals surface area (Å²) in [4.78, 5) is 9.30. The number of fused-ring (bicyclic) bond motifs is 1. The van der Waals surface area contributed by atoms with Gasteiger partial charge in [0.15, 0.2) is 5.82 Å². The molecule has 0 saturated heterocycles. The number of anilines is 1. The summed E-state index contributed by atoms with van der Waals surface area (Å²) in [5.41, 5.74) is 1.84. The first-order valence-corrected chi connectivity index (χ1v) is 9.03. The maximum Gasteiger partial charge on any atom is 0.164 e. The second-order valence-corrected chi connectivity index (χ2v) is 8.51. The molecule has 0 radical (unpaired) electrons. The number of nitrogens with one attached hydrogen (secondary N) is 1. The fraction of sp³-hybridized carbons (Fsp3) is 0.143. The molecular weight excluding hydrogens is 438 g/mol. The van der Waals surface area contributed by atoms with Crippen molar-refractivity contribution >= 4 is 71.5 Å². The van der Waals surface area contributed by atoms with Gasteiger partial charge in [-0.25, -0.2) is 9.97 Å². The molecule has 2 aromatic heterocycles. The molecule has 7 heteroatoms. The molecule has 0 spiro atoms. The van der Waals surface area contributed by atoms with Crippen molar-refractivity contribution in [1.82, 2.24) is 9.97 Å². The van der Waals surface area contributed by atoms with E-state index in [-0.39, 0.29) is 0 Å². The minimum atomic E-state index is 0.678. The lowest BCUT2D eigenvalue weighted by Crippen LogP contribution is -2.02. The fourth-order valence-electron chi connectivity index (χ4n) is 2.02. The van der Waals surface area contributed by atoms with Crippen LogP contribution in [0, 0.1) is 0 Å². The van der Waals surface area contributed by atoms with E-state index < -0.39 is 0 Å². The minimum absolute atomic E-state index is 0.678. The summed E-state index contributed by atoms with van der Waals surface area (Å²) in [6.07, 6.45) is 0. The van der Waals surface area contributed by atoms with E-state index in [1.54, 1.807) is 11.3 Å². The Bertz CT molecular complexity index is 819. The zero-order valence-corrected chi connectivity index (χ0v) is 15.7. The SMILES string of the molecule is CCNc1nc(-c2cc(Br)sc2Br)nc2ccc(Cl)cc12. The minimum Gasteiger partial charge on any atom is -0.370 e. The third kappa shape index (κ3) is 3.08. The summed E-state index contributed by atoms with van der Waals surface area (Å²) in [5, 5.41) is 4.89. The summed E-state index contributed by atoms with van der Waals surface area (Å²) in [7, 11) is 0. The molecule has 21 heavy (non-hydrogen) atoms. The van der Waals surface area contributed by atoms with Gasteiger partial charge in [-0.15, -0.1) is 11.3 Å². The van der Waals surface area contributed by atoms with Gasteiger partial charge in [0.2, 0.25) is 0 Å². The van der Waals surface area contributed by atoms with Crippen molar-refractivity contribution in [3.63, 3.8) is 0 Å². The van der Waals surface area contributed by atoms with Crippen molar-refractivity contribution < 1.29 is 0 Å². The Labute approximate surface area is 148 Å². The Morgan fingerprint density at radius 1 is 1.24 bits per heavy atom. The van der Waals surface area contributed by atoms with Crippen LogP contribution in [0.4, 0.5) is 5.82 Å². The second-order valence-electron chi connectivity index (χ2n) is 4.33. The molecule has 0 aliphatic rings. The summed E-state index contributed by atoms with van der Waals surface area (Å²) in [5.74, 6) is 1.49. The predicted octanol–water partition coefficient (Wildman–Crippen LogP) is 5.97. The van der Waals surface area contributed by atoms with E-state index in [1.165, 1.54) is 0 Å². The highest BCUT2D eigenvalue weighted by molar-refractivity contribution is 9.12. The molecule has 108 valence electrons. The number of halogens is 3. The van der Waals surface area contributed by atoms with Crippen LogP contribution in [0.3, 0.4) is 0 Å². The molecule has 0 bridgehead atoms. The summed E-state index contributed by atoms with van der Waals surface area (Å²) in [6.45, 7) is 2.82. The Hall–Kier alpha value is -0.690. The first kappa shape index (κ1) is 15.2. The maximum atomic E-state index is 6.08. The van der Waals surface area contributed by atoms with Gasteiger partial charge in [0, 0.05) is 22.5 Å². The molecule has 0 fully saturated rings. The van der Waals surface area contributed by atoms with Gasteiger partial charge < -0.3 is 5.32 Å². The smallest absolute Gasteiger partial charge is 0.164 e. The largest absolute Gasteiger partial charge is 0.370 e. The number of hydrogen-bond donors (Lipinski definition) is 1. The molecule has 3 nitrogen and oxygen atoms in total. The topological polar surface area (TPSA) is 37.8 Å². The van der Waals surface area contributed by atoms with Crippen LogP contribution in [0.5, 0.6) is 0 Å². The zero-order valence-electron chi connectivity index (χ0n) is 11.0. The first-order chi connectivity index (χ1) is 10.1. The van der Waals surface area contributed by atoms with Gasteiger partial charge in [-0.1, -0.05) is 11.6 Å². The third-order valence-electron chi connectivity index (χ3n) is 2.90. The quantitative estimate of drug-likeness (QED) is 0.538. The van der Waals surface area contributed by atoms with Crippen LogP contribution in [0.25, 0.3) is 22.3 Å². The third-order valence-corrected chi connectivity index (χ3v) is 5.47. The molecule has 1 N–H and O–H groups in total. The van der Waals surface area contributed by atoms with E-state index in [0.29, 0.717) is 10.8 Å². The Balaban J connectivity index is 2.25. The van der Waals surface area contributed by atoms with Crippen LogP contribution in [0.2, 0.25) is 5.02 Å². The first-order valence-electron chi connectivity index (χ1n) is 6.25. The van der Waals surface area contributed by atoms with Crippen molar-refractivity contribution in [3.05, 3.63) is 36.9 Å². The molecule has 0 amide bonds. The molecule has 3 rings (SSSR count). The molecule has 3 aromatic rings. The average Bonchev–Trinajstić information content (AvgIpc) is 2.78. The number of benzene rings is 1. The number of aromatic nitrogens is 2. The Morgan fingerprint density at radius 3 is 2.71 bits per heavy atom. The van der Waals surface area contributed by atoms with E-state index in [4.69, 9.17) is 11.6 Å². The summed E-state index contributed by atoms with van der Waals surface area (Å²) >= 11 is 14.7. The van der Waals surface area contributed by atoms with Crippen molar-refractivity contribution in [2.24, 2.45) is 0 Å². The van der Waals surface area contributed by atoms with Gasteiger partial charge in [0.25, 0.3) is 0 Å². The lowest BCUT2D eigenvalue weighted by atomic mass is 10.2. The average molecular weight is 448 g/mol. The van der Waals surface area contributed by atoms with E-state index in [9.17, 15) is 0 Å². The highest BCUT2D eigenvalue weighted by Gasteiger charge is 2.14. The van der Waals surface area contributed by atoms with Gasteiger partial charge in [-0.3, -0.25) is 0 Å². The van der Waals surface area contributed by atoms with Gasteiger partial charge >= 0.3 is 0 Å². The van der Waals surface area contributed by atoms with Gasteiger partial charge in [0.05, 0.1) is 13.1 Å². The lowest BCUT2D eigenvalue weighted by Gasteiger charge is -2.09. The Morgan fingerprint density at radius 2 is 2.05 bits per heavy atom. The van der Waals surface area contributed by atoms with Gasteiger partial charge in [-0.05, 0) is 63.0 Å². The molecule has 0 unspecified atom stereocenters. The molecule has 2 heterocycles. The molecule has 0 aliphatic heterocycles. The lowest BCUT2D eigenvalue weighted by molar-refractivity contribution is 1.15. The second kappa shape index (κ2) is 6.20. The molecule has 1 aromatic carbocycles. The van der Waals surface area contributed by atoms with Crippen molar-refractivity contribution in [3.8, 4) is 11.4 Å². The van der Waals surface area contributed by atoms with E-state index in [0.717, 1.165) is 36.4 Å². The van der Waals surface area contributed by atoms with E-state index in [1.807, 2.05) is 31.2 Å². The number of rotatable bonds is 3. The number of thiophene rings is 1. The van der Waals surface area contributed by atoms with Crippen LogP contribution in [-0.4, -0.2) is 16.5 Å². The van der Waals surface area contributed by atoms with Crippen LogP contribution in [-0.2, 0) is 0 Å². The molecule has 0 saturated carbocycles. The normalized spacial score (nSPS) is 11.0. The number of hydrogen-bond acceptors (Lipinski definition) is 4. The van der Waals surface area contributed by atoms with Crippen molar-refractivity contribution in [1.29, 1.82) is 0 Å². The molecule has 0 aliphatic carbocycles. The summed E-state index contributed by atoms with van der Waals surface area (Å²) < 4.78 is 2.04. The van der Waals surface area contributed by atoms with Gasteiger partial charge in [0.1, 0.15) is 5.82 Å². The van der Waals surface area contributed by atoms with Crippen molar-refractivity contribution in [2.45, 2.75) is 6.92 Å². The Kier molecular flexibility index (Phi) is 4.49. The van der Waals surface area contributed by atoms with Crippen molar-refractivity contribution in [2.75, 3.05) is 11.9 Å². The maximum absolute atomic E-state index is 6.08. The highest BCUT2D eigenvalue weighted by Crippen LogP contribution is 2.38. The highest BCUT2D eigenvalue weighted by atomic mass is 79.9. The van der Waals surface area contributed by atoms with Gasteiger partial charge in [-0.2, -0.15) is 0 Å². The fourth-order valence-corrected chi connectivity index (χ4v) is 4.98. The van der Waals surface area contributed by atoms with Crippen LogP contribution < -0.4 is 5.32 Å². The molecule has 0 atom stereocenters.